The Kier molecular flexibility index (Phi) is 2.49. The molecule has 1 aromatic rings. The molecule has 0 amide bonds. The number of carbonyl (C=O) groups is 1. The second-order valence-electron chi connectivity index (χ2n) is 4.09. The molecule has 2 atom stereocenters. The van der Waals surface area contributed by atoms with Gasteiger partial charge in [-0.25, -0.2) is 0 Å². The number of Topliss-reactive ketones (excluding diaryl/α,β-unsaturated/α-hetero) is 1. The first kappa shape index (κ1) is 10.2. The molecule has 1 aliphatic rings. The van der Waals surface area contributed by atoms with Gasteiger partial charge in [0.05, 0.1) is 5.56 Å². The number of likely N-dealkylation sites (N-methyl/N-ethyl adjacent to an activating group) is 1. The van der Waals surface area contributed by atoms with Crippen LogP contribution in [0.2, 0.25) is 0 Å². The number of hydrogen-bond donors (Lipinski definition) is 0. The van der Waals surface area contributed by atoms with E-state index in [1.807, 2.05) is 50.2 Å². The molecule has 0 unspecified atom stereocenters. The van der Waals surface area contributed by atoms with Crippen molar-refractivity contribution in [2.45, 2.75) is 19.1 Å². The first-order valence-electron chi connectivity index (χ1n) is 5.07. The molecule has 0 N–H and O–H groups in total. The van der Waals surface area contributed by atoms with Crippen LogP contribution < -0.4 is 4.74 Å². The van der Waals surface area contributed by atoms with Crippen LogP contribution in [0.5, 0.6) is 5.75 Å². The van der Waals surface area contributed by atoms with Gasteiger partial charge in [0.25, 0.3) is 0 Å². The van der Waals surface area contributed by atoms with Crippen LogP contribution in [-0.4, -0.2) is 36.9 Å². The maximum atomic E-state index is 12.1. The Hall–Kier alpha value is -1.35. The molecule has 0 aromatic heterocycles. The van der Waals surface area contributed by atoms with E-state index in [0.29, 0.717) is 11.3 Å². The lowest BCUT2D eigenvalue weighted by Crippen LogP contribution is -2.49. The number of benzene rings is 1. The van der Waals surface area contributed by atoms with Gasteiger partial charge in [0.15, 0.2) is 5.78 Å². The zero-order valence-electron chi connectivity index (χ0n) is 9.23. The molecule has 0 saturated heterocycles. The summed E-state index contributed by atoms with van der Waals surface area (Å²) in [6, 6.07) is 7.23. The van der Waals surface area contributed by atoms with Crippen LogP contribution >= 0.6 is 0 Å². The number of rotatable bonds is 1. The fraction of sp³-hybridized carbons (Fsp3) is 0.417. The maximum Gasteiger partial charge on any atom is 0.187 e. The van der Waals surface area contributed by atoms with E-state index in [0.717, 1.165) is 0 Å². The van der Waals surface area contributed by atoms with Crippen molar-refractivity contribution in [2.24, 2.45) is 0 Å². The predicted octanol–water partition coefficient (Wildman–Crippen LogP) is 1.58. The van der Waals surface area contributed by atoms with E-state index < -0.39 is 0 Å². The standard InChI is InChI=1S/C12H15NO2/c1-8-11(13(2)3)12(14)9-6-4-5-7-10(9)15-8/h4-8,11H,1-3H3/t8-,11-/m1/s1. The number of hydrogen-bond acceptors (Lipinski definition) is 3. The Morgan fingerprint density at radius 1 is 1.27 bits per heavy atom. The van der Waals surface area contributed by atoms with Crippen LogP contribution in [0.15, 0.2) is 24.3 Å². The molecular formula is C12H15NO2. The number of para-hydroxylation sites is 1. The SMILES string of the molecule is C[C@H]1Oc2ccccc2C(=O)[C@@H]1N(C)C. The Labute approximate surface area is 89.7 Å². The molecular weight excluding hydrogens is 190 g/mol. The lowest BCUT2D eigenvalue weighted by Gasteiger charge is -2.34. The monoisotopic (exact) mass is 205 g/mol. The summed E-state index contributed by atoms with van der Waals surface area (Å²) < 4.78 is 5.71. The summed E-state index contributed by atoms with van der Waals surface area (Å²) in [5, 5.41) is 0. The topological polar surface area (TPSA) is 29.5 Å². The summed E-state index contributed by atoms with van der Waals surface area (Å²) in [7, 11) is 3.80. The quantitative estimate of drug-likeness (QED) is 0.697. The lowest BCUT2D eigenvalue weighted by molar-refractivity contribution is 0.0590. The fourth-order valence-corrected chi connectivity index (χ4v) is 2.06. The maximum absolute atomic E-state index is 12.1. The summed E-state index contributed by atoms with van der Waals surface area (Å²) >= 11 is 0. The number of fused-ring (bicyclic) bond motifs is 1. The minimum absolute atomic E-state index is 0.0950. The van der Waals surface area contributed by atoms with Gasteiger partial charge in [-0.15, -0.1) is 0 Å². The van der Waals surface area contributed by atoms with Gasteiger partial charge in [0.2, 0.25) is 0 Å². The third-order valence-corrected chi connectivity index (χ3v) is 2.73. The molecule has 2 rings (SSSR count). The van der Waals surface area contributed by atoms with Crippen molar-refractivity contribution in [3.63, 3.8) is 0 Å². The normalized spacial score (nSPS) is 24.9. The fourth-order valence-electron chi connectivity index (χ4n) is 2.06. The summed E-state index contributed by atoms with van der Waals surface area (Å²) in [5.41, 5.74) is 0.689. The highest BCUT2D eigenvalue weighted by Crippen LogP contribution is 2.28. The lowest BCUT2D eigenvalue weighted by atomic mass is 9.96. The Balaban J connectivity index is 2.43. The number of carbonyl (C=O) groups excluding carboxylic acids is 1. The number of ether oxygens (including phenoxy) is 1. The molecule has 0 bridgehead atoms. The zero-order valence-corrected chi connectivity index (χ0v) is 9.23. The van der Waals surface area contributed by atoms with Crippen molar-refractivity contribution < 1.29 is 9.53 Å². The van der Waals surface area contributed by atoms with Crippen molar-refractivity contribution in [2.75, 3.05) is 14.1 Å². The molecule has 80 valence electrons. The number of ketones is 1. The minimum Gasteiger partial charge on any atom is -0.488 e. The van der Waals surface area contributed by atoms with Crippen molar-refractivity contribution in [3.05, 3.63) is 29.8 Å². The van der Waals surface area contributed by atoms with Crippen LogP contribution in [0.25, 0.3) is 0 Å². The van der Waals surface area contributed by atoms with Crippen LogP contribution in [0, 0.1) is 0 Å². The van der Waals surface area contributed by atoms with Gasteiger partial charge in [-0.2, -0.15) is 0 Å². The first-order chi connectivity index (χ1) is 7.11. The highest BCUT2D eigenvalue weighted by molar-refractivity contribution is 6.03. The van der Waals surface area contributed by atoms with Gasteiger partial charge in [-0.05, 0) is 33.2 Å². The Morgan fingerprint density at radius 3 is 2.60 bits per heavy atom. The van der Waals surface area contributed by atoms with Crippen molar-refractivity contribution in [1.29, 1.82) is 0 Å². The number of nitrogens with zero attached hydrogens (tertiary/aromatic N) is 1. The highest BCUT2D eigenvalue weighted by atomic mass is 16.5. The molecule has 0 spiro atoms. The molecule has 0 saturated carbocycles. The Bertz CT molecular complexity index is 387. The van der Waals surface area contributed by atoms with Crippen LogP contribution in [0.4, 0.5) is 0 Å². The molecule has 3 heteroatoms. The molecule has 3 nitrogen and oxygen atoms in total. The van der Waals surface area contributed by atoms with Gasteiger partial charge < -0.3 is 4.74 Å². The van der Waals surface area contributed by atoms with E-state index in [1.54, 1.807) is 0 Å². The third kappa shape index (κ3) is 1.63. The van der Waals surface area contributed by atoms with E-state index in [1.165, 1.54) is 0 Å². The van der Waals surface area contributed by atoms with Gasteiger partial charge in [-0.1, -0.05) is 12.1 Å². The first-order valence-corrected chi connectivity index (χ1v) is 5.07. The van der Waals surface area contributed by atoms with E-state index in [-0.39, 0.29) is 17.9 Å². The van der Waals surface area contributed by atoms with Crippen molar-refractivity contribution in [3.8, 4) is 5.75 Å². The molecule has 0 fully saturated rings. The molecule has 1 heterocycles. The molecule has 1 aliphatic heterocycles. The average molecular weight is 205 g/mol. The van der Waals surface area contributed by atoms with Gasteiger partial charge in [0, 0.05) is 0 Å². The third-order valence-electron chi connectivity index (χ3n) is 2.73. The molecule has 0 radical (unpaired) electrons. The van der Waals surface area contributed by atoms with Crippen molar-refractivity contribution >= 4 is 5.78 Å². The smallest absolute Gasteiger partial charge is 0.187 e. The van der Waals surface area contributed by atoms with Crippen LogP contribution in [0.3, 0.4) is 0 Å². The zero-order chi connectivity index (χ0) is 11.0. The Morgan fingerprint density at radius 2 is 1.93 bits per heavy atom. The van der Waals surface area contributed by atoms with Crippen molar-refractivity contribution in [1.82, 2.24) is 4.90 Å². The summed E-state index contributed by atoms with van der Waals surface area (Å²) in [6.45, 7) is 1.93. The van der Waals surface area contributed by atoms with E-state index in [2.05, 4.69) is 0 Å². The second-order valence-corrected chi connectivity index (χ2v) is 4.09. The summed E-state index contributed by atoms with van der Waals surface area (Å²) in [5.74, 6) is 0.849. The average Bonchev–Trinajstić information content (AvgIpc) is 2.17. The van der Waals surface area contributed by atoms with Crippen LogP contribution in [-0.2, 0) is 0 Å². The van der Waals surface area contributed by atoms with Gasteiger partial charge in [-0.3, -0.25) is 9.69 Å². The predicted molar refractivity (Wildman–Crippen MR) is 58.3 cm³/mol. The minimum atomic E-state index is -0.181. The molecule has 1 aromatic carbocycles. The second kappa shape index (κ2) is 3.66. The van der Waals surface area contributed by atoms with E-state index in [9.17, 15) is 4.79 Å². The highest BCUT2D eigenvalue weighted by Gasteiger charge is 2.35. The molecule has 15 heavy (non-hydrogen) atoms. The summed E-state index contributed by atoms with van der Waals surface area (Å²) in [6.07, 6.45) is -0.0950. The van der Waals surface area contributed by atoms with Gasteiger partial charge >= 0.3 is 0 Å². The van der Waals surface area contributed by atoms with Gasteiger partial charge in [0.1, 0.15) is 17.9 Å². The van der Waals surface area contributed by atoms with E-state index in [4.69, 9.17) is 4.74 Å². The molecule has 0 aliphatic carbocycles. The summed E-state index contributed by atoms with van der Waals surface area (Å²) in [4.78, 5) is 14.1. The van der Waals surface area contributed by atoms with Crippen LogP contribution in [0.1, 0.15) is 17.3 Å². The largest absolute Gasteiger partial charge is 0.488 e. The van der Waals surface area contributed by atoms with E-state index >= 15 is 0 Å².